The van der Waals surface area contributed by atoms with E-state index in [4.69, 9.17) is 0 Å². The van der Waals surface area contributed by atoms with Gasteiger partial charge in [-0.05, 0) is 5.57 Å². The largest absolute Gasteiger partial charge is 0.349 e. The van der Waals surface area contributed by atoms with Crippen LogP contribution in [0.15, 0.2) is 24.3 Å². The van der Waals surface area contributed by atoms with E-state index in [1.165, 1.54) is 6.92 Å². The lowest BCUT2D eigenvalue weighted by molar-refractivity contribution is -0.120. The first-order chi connectivity index (χ1) is 6.88. The molecule has 0 fully saturated rings. The van der Waals surface area contributed by atoms with Crippen molar-refractivity contribution in [1.82, 2.24) is 5.32 Å². The molecule has 0 saturated heterocycles. The minimum Gasteiger partial charge on any atom is -0.349 e. The van der Waals surface area contributed by atoms with Crippen molar-refractivity contribution in [3.8, 4) is 0 Å². The lowest BCUT2D eigenvalue weighted by Crippen LogP contribution is -2.47. The Labute approximate surface area is 90.2 Å². The van der Waals surface area contributed by atoms with Crippen LogP contribution in [-0.4, -0.2) is 18.2 Å². The summed E-state index contributed by atoms with van der Waals surface area (Å²) in [5.74, 6) is -0.385. The number of nitrogens with one attached hydrogen (secondary N) is 1. The predicted molar refractivity (Wildman–Crippen MR) is 59.2 cm³/mol. The van der Waals surface area contributed by atoms with E-state index >= 15 is 0 Å². The Morgan fingerprint density at radius 2 is 2.20 bits per heavy atom. The van der Waals surface area contributed by atoms with Gasteiger partial charge in [-0.15, -0.1) is 0 Å². The fourth-order valence-corrected chi connectivity index (χ4v) is 1.86. The van der Waals surface area contributed by atoms with Crippen molar-refractivity contribution in [1.29, 1.82) is 0 Å². The summed E-state index contributed by atoms with van der Waals surface area (Å²) in [6, 6.07) is -0.171. The average Bonchev–Trinajstić information content (AvgIpc) is 2.12. The van der Waals surface area contributed by atoms with Crippen molar-refractivity contribution in [3.63, 3.8) is 0 Å². The van der Waals surface area contributed by atoms with Gasteiger partial charge in [-0.1, -0.05) is 32.6 Å². The molecule has 0 spiro atoms. The molecule has 82 valence electrons. The molecule has 3 heteroatoms. The number of rotatable bonds is 2. The SMILES string of the molecule is C=C1C(C=O)C=CC(C)(C)C1NC(C)=O. The Morgan fingerprint density at radius 3 is 2.67 bits per heavy atom. The molecule has 0 bridgehead atoms. The normalized spacial score (nSPS) is 28.6. The summed E-state index contributed by atoms with van der Waals surface area (Å²) in [5, 5.41) is 2.84. The van der Waals surface area contributed by atoms with E-state index in [0.717, 1.165) is 11.9 Å². The molecule has 0 saturated carbocycles. The van der Waals surface area contributed by atoms with E-state index in [-0.39, 0.29) is 23.3 Å². The lowest BCUT2D eigenvalue weighted by Gasteiger charge is -2.38. The van der Waals surface area contributed by atoms with Crippen LogP contribution in [0.25, 0.3) is 0 Å². The van der Waals surface area contributed by atoms with Gasteiger partial charge in [0, 0.05) is 12.3 Å². The third kappa shape index (κ3) is 2.35. The minimum absolute atomic E-state index is 0.103. The van der Waals surface area contributed by atoms with E-state index in [1.807, 2.05) is 26.0 Å². The van der Waals surface area contributed by atoms with Crippen molar-refractivity contribution in [3.05, 3.63) is 24.3 Å². The molecule has 1 N–H and O–H groups in total. The van der Waals surface area contributed by atoms with Crippen LogP contribution in [0, 0.1) is 11.3 Å². The summed E-state index contributed by atoms with van der Waals surface area (Å²) in [6.45, 7) is 9.39. The zero-order valence-electron chi connectivity index (χ0n) is 9.41. The van der Waals surface area contributed by atoms with Crippen LogP contribution in [0.5, 0.6) is 0 Å². The predicted octanol–water partition coefficient (Wildman–Crippen LogP) is 1.46. The first-order valence-electron chi connectivity index (χ1n) is 4.99. The van der Waals surface area contributed by atoms with Crippen LogP contribution in [0.1, 0.15) is 20.8 Å². The maximum Gasteiger partial charge on any atom is 0.217 e. The fourth-order valence-electron chi connectivity index (χ4n) is 1.86. The standard InChI is InChI=1S/C12H17NO2/c1-8-10(7-14)5-6-12(3,4)11(8)13-9(2)15/h5-7,10-11H,1H2,2-4H3,(H,13,15). The van der Waals surface area contributed by atoms with Crippen LogP contribution in [0.2, 0.25) is 0 Å². The molecular weight excluding hydrogens is 190 g/mol. The highest BCUT2D eigenvalue weighted by Gasteiger charge is 2.35. The van der Waals surface area contributed by atoms with Gasteiger partial charge in [-0.2, -0.15) is 0 Å². The lowest BCUT2D eigenvalue weighted by atomic mass is 9.72. The first kappa shape index (κ1) is 11.7. The van der Waals surface area contributed by atoms with Crippen LogP contribution >= 0.6 is 0 Å². The van der Waals surface area contributed by atoms with E-state index in [9.17, 15) is 9.59 Å². The molecule has 0 aliphatic heterocycles. The van der Waals surface area contributed by atoms with Gasteiger partial charge in [0.1, 0.15) is 6.29 Å². The van der Waals surface area contributed by atoms with Gasteiger partial charge in [0.2, 0.25) is 5.91 Å². The van der Waals surface area contributed by atoms with E-state index in [0.29, 0.717) is 0 Å². The molecule has 1 aliphatic carbocycles. The molecule has 0 radical (unpaired) electrons. The van der Waals surface area contributed by atoms with Gasteiger partial charge >= 0.3 is 0 Å². The van der Waals surface area contributed by atoms with E-state index in [2.05, 4.69) is 11.9 Å². The van der Waals surface area contributed by atoms with E-state index < -0.39 is 0 Å². The number of carbonyl (C=O) groups is 2. The fraction of sp³-hybridized carbons (Fsp3) is 0.500. The average molecular weight is 207 g/mol. The topological polar surface area (TPSA) is 46.2 Å². The van der Waals surface area contributed by atoms with Gasteiger partial charge in [-0.25, -0.2) is 0 Å². The number of hydrogen-bond acceptors (Lipinski definition) is 2. The number of amides is 1. The number of carbonyl (C=O) groups excluding carboxylic acids is 2. The highest BCUT2D eigenvalue weighted by Crippen LogP contribution is 2.35. The van der Waals surface area contributed by atoms with Crippen molar-refractivity contribution in [2.75, 3.05) is 0 Å². The van der Waals surface area contributed by atoms with Gasteiger partial charge in [-0.3, -0.25) is 4.79 Å². The quantitative estimate of drug-likeness (QED) is 0.550. The summed E-state index contributed by atoms with van der Waals surface area (Å²) in [5.41, 5.74) is 0.565. The zero-order valence-corrected chi connectivity index (χ0v) is 9.41. The second-order valence-corrected chi connectivity index (χ2v) is 4.55. The Balaban J connectivity index is 3.00. The molecule has 2 atom stereocenters. The third-order valence-electron chi connectivity index (χ3n) is 2.77. The molecule has 1 amide bonds. The summed E-state index contributed by atoms with van der Waals surface area (Å²) in [4.78, 5) is 21.9. The molecule has 3 nitrogen and oxygen atoms in total. The molecule has 1 aliphatic rings. The van der Waals surface area contributed by atoms with Crippen LogP contribution < -0.4 is 5.32 Å². The van der Waals surface area contributed by atoms with Crippen LogP contribution in [0.3, 0.4) is 0 Å². The summed E-state index contributed by atoms with van der Waals surface area (Å²) in [6.07, 6.45) is 4.65. The van der Waals surface area contributed by atoms with Crippen molar-refractivity contribution in [2.45, 2.75) is 26.8 Å². The van der Waals surface area contributed by atoms with Gasteiger partial charge in [0.05, 0.1) is 12.0 Å². The smallest absolute Gasteiger partial charge is 0.217 e. The van der Waals surface area contributed by atoms with Crippen LogP contribution in [0.4, 0.5) is 0 Å². The zero-order chi connectivity index (χ0) is 11.6. The Kier molecular flexibility index (Phi) is 3.12. The maximum atomic E-state index is 11.1. The Bertz CT molecular complexity index is 329. The molecule has 0 aromatic carbocycles. The molecule has 0 heterocycles. The highest BCUT2D eigenvalue weighted by atomic mass is 16.1. The number of hydrogen-bond donors (Lipinski definition) is 1. The third-order valence-corrected chi connectivity index (χ3v) is 2.77. The molecule has 0 aromatic rings. The molecule has 2 unspecified atom stereocenters. The molecular formula is C12H17NO2. The second kappa shape index (κ2) is 4.01. The van der Waals surface area contributed by atoms with Crippen molar-refractivity contribution < 1.29 is 9.59 Å². The first-order valence-corrected chi connectivity index (χ1v) is 4.99. The summed E-state index contributed by atoms with van der Waals surface area (Å²) < 4.78 is 0. The highest BCUT2D eigenvalue weighted by molar-refractivity contribution is 5.75. The Morgan fingerprint density at radius 1 is 1.60 bits per heavy atom. The van der Waals surface area contributed by atoms with E-state index in [1.54, 1.807) is 0 Å². The second-order valence-electron chi connectivity index (χ2n) is 4.55. The number of allylic oxidation sites excluding steroid dienone is 1. The summed E-state index contributed by atoms with van der Waals surface area (Å²) in [7, 11) is 0. The number of aldehydes is 1. The van der Waals surface area contributed by atoms with Gasteiger partial charge < -0.3 is 10.1 Å². The van der Waals surface area contributed by atoms with Crippen LogP contribution in [-0.2, 0) is 9.59 Å². The minimum atomic E-state index is -0.283. The van der Waals surface area contributed by atoms with Crippen molar-refractivity contribution >= 4 is 12.2 Å². The van der Waals surface area contributed by atoms with Gasteiger partial charge in [0.25, 0.3) is 0 Å². The van der Waals surface area contributed by atoms with Gasteiger partial charge in [0.15, 0.2) is 0 Å². The maximum absolute atomic E-state index is 11.1. The molecule has 0 aromatic heterocycles. The monoisotopic (exact) mass is 207 g/mol. The molecule has 1 rings (SSSR count). The van der Waals surface area contributed by atoms with Crippen molar-refractivity contribution in [2.24, 2.45) is 11.3 Å². The molecule has 15 heavy (non-hydrogen) atoms. The Hall–Kier alpha value is -1.38. The summed E-state index contributed by atoms with van der Waals surface area (Å²) >= 11 is 0.